The Kier molecular flexibility index (Phi) is 7.43. The Hall–Kier alpha value is -2.89. The van der Waals surface area contributed by atoms with Gasteiger partial charge >= 0.3 is 6.03 Å². The zero-order valence-electron chi connectivity index (χ0n) is 14.6. The molecule has 2 aromatic rings. The number of urea groups is 1. The number of benzene rings is 2. The fraction of sp³-hybridized carbons (Fsp3) is 0.316. The van der Waals surface area contributed by atoms with Crippen molar-refractivity contribution in [2.24, 2.45) is 0 Å². The second kappa shape index (κ2) is 10.1. The van der Waals surface area contributed by atoms with E-state index in [2.05, 4.69) is 10.6 Å². The van der Waals surface area contributed by atoms with Crippen molar-refractivity contribution >= 4 is 6.03 Å². The third-order valence-electron chi connectivity index (χ3n) is 3.57. The summed E-state index contributed by atoms with van der Waals surface area (Å²) in [7, 11) is 3.23. The first kappa shape index (κ1) is 18.4. The number of para-hydroxylation sites is 2. The number of ether oxygens (including phenoxy) is 3. The van der Waals surface area contributed by atoms with Crippen LogP contribution in [-0.4, -0.2) is 39.9 Å². The quantitative estimate of drug-likeness (QED) is 0.686. The van der Waals surface area contributed by atoms with Gasteiger partial charge in [0.25, 0.3) is 0 Å². The summed E-state index contributed by atoms with van der Waals surface area (Å²) in [4.78, 5) is 11.7. The lowest BCUT2D eigenvalue weighted by atomic mass is 10.1. The topological polar surface area (TPSA) is 68.8 Å². The first-order chi connectivity index (χ1) is 12.2. The Balaban J connectivity index is 1.60. The first-order valence-corrected chi connectivity index (χ1v) is 8.13. The van der Waals surface area contributed by atoms with Crippen LogP contribution >= 0.6 is 0 Å². The largest absolute Gasteiger partial charge is 0.497 e. The molecule has 0 heterocycles. The molecule has 134 valence electrons. The van der Waals surface area contributed by atoms with Gasteiger partial charge in [0.15, 0.2) is 11.5 Å². The molecule has 0 saturated carbocycles. The Morgan fingerprint density at radius 1 is 0.880 bits per heavy atom. The fourth-order valence-corrected chi connectivity index (χ4v) is 2.24. The summed E-state index contributed by atoms with van der Waals surface area (Å²) in [5.41, 5.74) is 1.14. The van der Waals surface area contributed by atoms with Crippen molar-refractivity contribution in [3.8, 4) is 17.2 Å². The minimum atomic E-state index is -0.211. The molecule has 6 nitrogen and oxygen atoms in total. The lowest BCUT2D eigenvalue weighted by molar-refractivity contribution is 0.235. The fourth-order valence-electron chi connectivity index (χ4n) is 2.24. The van der Waals surface area contributed by atoms with Crippen molar-refractivity contribution < 1.29 is 19.0 Å². The second-order valence-corrected chi connectivity index (χ2v) is 5.28. The summed E-state index contributed by atoms with van der Waals surface area (Å²) >= 11 is 0. The molecule has 25 heavy (non-hydrogen) atoms. The third-order valence-corrected chi connectivity index (χ3v) is 3.57. The summed E-state index contributed by atoms with van der Waals surface area (Å²) in [5, 5.41) is 5.58. The van der Waals surface area contributed by atoms with Crippen LogP contribution in [-0.2, 0) is 6.42 Å². The molecule has 0 unspecified atom stereocenters. The Bertz CT molecular complexity index is 659. The molecule has 0 bridgehead atoms. The molecule has 6 heteroatoms. The number of hydrogen-bond donors (Lipinski definition) is 2. The van der Waals surface area contributed by atoms with Gasteiger partial charge in [-0.1, -0.05) is 24.3 Å². The maximum atomic E-state index is 11.7. The maximum absolute atomic E-state index is 11.7. The molecule has 0 spiro atoms. The van der Waals surface area contributed by atoms with Gasteiger partial charge in [-0.15, -0.1) is 0 Å². The summed E-state index contributed by atoms with van der Waals surface area (Å²) < 4.78 is 15.9. The highest BCUT2D eigenvalue weighted by molar-refractivity contribution is 5.73. The standard InChI is InChI=1S/C19H24N2O4/c1-23-16-9-7-15(8-10-16)11-12-20-19(22)21-13-14-25-18-6-4-3-5-17(18)24-2/h3-10H,11-14H2,1-2H3,(H2,20,21,22). The summed E-state index contributed by atoms with van der Waals surface area (Å²) in [6.45, 7) is 1.34. The van der Waals surface area contributed by atoms with Gasteiger partial charge in [-0.05, 0) is 36.2 Å². The molecule has 0 aliphatic carbocycles. The SMILES string of the molecule is COc1ccc(CCNC(=O)NCCOc2ccccc2OC)cc1. The van der Waals surface area contributed by atoms with Crippen LogP contribution < -0.4 is 24.8 Å². The van der Waals surface area contributed by atoms with Crippen molar-refractivity contribution in [1.29, 1.82) is 0 Å². The number of nitrogens with one attached hydrogen (secondary N) is 2. The van der Waals surface area contributed by atoms with Gasteiger partial charge in [0, 0.05) is 6.54 Å². The van der Waals surface area contributed by atoms with Crippen LogP contribution in [0.1, 0.15) is 5.56 Å². The van der Waals surface area contributed by atoms with E-state index in [4.69, 9.17) is 14.2 Å². The molecule has 0 aromatic heterocycles. The zero-order chi connectivity index (χ0) is 17.9. The minimum Gasteiger partial charge on any atom is -0.497 e. The van der Waals surface area contributed by atoms with E-state index in [1.54, 1.807) is 14.2 Å². The van der Waals surface area contributed by atoms with Crippen molar-refractivity contribution in [1.82, 2.24) is 10.6 Å². The Labute approximate surface area is 148 Å². The molecule has 2 rings (SSSR count). The van der Waals surface area contributed by atoms with Crippen molar-refractivity contribution in [2.75, 3.05) is 33.9 Å². The summed E-state index contributed by atoms with van der Waals surface area (Å²) in [6, 6.07) is 15.0. The Morgan fingerprint density at radius 2 is 1.56 bits per heavy atom. The average Bonchev–Trinajstić information content (AvgIpc) is 2.66. The second-order valence-electron chi connectivity index (χ2n) is 5.28. The van der Waals surface area contributed by atoms with E-state index in [9.17, 15) is 4.79 Å². The van der Waals surface area contributed by atoms with Gasteiger partial charge in [0.2, 0.25) is 0 Å². The average molecular weight is 344 g/mol. The molecule has 0 aliphatic heterocycles. The van der Waals surface area contributed by atoms with Crippen molar-refractivity contribution in [2.45, 2.75) is 6.42 Å². The smallest absolute Gasteiger partial charge is 0.314 e. The first-order valence-electron chi connectivity index (χ1n) is 8.13. The van der Waals surface area contributed by atoms with E-state index in [1.165, 1.54) is 0 Å². The molecule has 0 aliphatic rings. The normalized spacial score (nSPS) is 10.0. The van der Waals surface area contributed by atoms with Gasteiger partial charge in [-0.25, -0.2) is 4.79 Å². The molecule has 0 fully saturated rings. The van der Waals surface area contributed by atoms with Crippen molar-refractivity contribution in [3.05, 3.63) is 54.1 Å². The molecule has 2 amide bonds. The molecular weight excluding hydrogens is 320 g/mol. The predicted octanol–water partition coefficient (Wildman–Crippen LogP) is 2.62. The molecule has 0 atom stereocenters. The Morgan fingerprint density at radius 3 is 2.24 bits per heavy atom. The lowest BCUT2D eigenvalue weighted by Crippen LogP contribution is -2.38. The van der Waals surface area contributed by atoms with E-state index in [0.29, 0.717) is 31.2 Å². The van der Waals surface area contributed by atoms with E-state index in [1.807, 2.05) is 48.5 Å². The van der Waals surface area contributed by atoms with Crippen LogP contribution in [0.4, 0.5) is 4.79 Å². The van der Waals surface area contributed by atoms with Crippen LogP contribution in [0, 0.1) is 0 Å². The molecule has 2 aromatic carbocycles. The number of rotatable bonds is 9. The number of hydrogen-bond acceptors (Lipinski definition) is 4. The molecule has 0 radical (unpaired) electrons. The number of carbonyl (C=O) groups excluding carboxylic acids is 1. The highest BCUT2D eigenvalue weighted by atomic mass is 16.5. The van der Waals surface area contributed by atoms with E-state index in [-0.39, 0.29) is 6.03 Å². The minimum absolute atomic E-state index is 0.211. The number of carbonyl (C=O) groups is 1. The highest BCUT2D eigenvalue weighted by Crippen LogP contribution is 2.25. The van der Waals surface area contributed by atoms with E-state index < -0.39 is 0 Å². The van der Waals surface area contributed by atoms with Crippen LogP contribution in [0.25, 0.3) is 0 Å². The van der Waals surface area contributed by atoms with Crippen LogP contribution in [0.2, 0.25) is 0 Å². The third kappa shape index (κ3) is 6.25. The monoisotopic (exact) mass is 344 g/mol. The van der Waals surface area contributed by atoms with E-state index >= 15 is 0 Å². The van der Waals surface area contributed by atoms with Crippen molar-refractivity contribution in [3.63, 3.8) is 0 Å². The maximum Gasteiger partial charge on any atom is 0.314 e. The number of amides is 2. The van der Waals surface area contributed by atoms with E-state index in [0.717, 1.165) is 17.7 Å². The summed E-state index contributed by atoms with van der Waals surface area (Å²) in [6.07, 6.45) is 0.759. The molecular formula is C19H24N2O4. The highest BCUT2D eigenvalue weighted by Gasteiger charge is 2.03. The van der Waals surface area contributed by atoms with Crippen LogP contribution in [0.5, 0.6) is 17.2 Å². The summed E-state index contributed by atoms with van der Waals surface area (Å²) in [5.74, 6) is 2.16. The predicted molar refractivity (Wildman–Crippen MR) is 96.6 cm³/mol. The number of methoxy groups -OCH3 is 2. The van der Waals surface area contributed by atoms with Gasteiger partial charge in [0.05, 0.1) is 20.8 Å². The molecule has 0 saturated heterocycles. The molecule has 2 N–H and O–H groups in total. The zero-order valence-corrected chi connectivity index (χ0v) is 14.6. The van der Waals surface area contributed by atoms with Gasteiger partial charge in [0.1, 0.15) is 12.4 Å². The van der Waals surface area contributed by atoms with Crippen LogP contribution in [0.15, 0.2) is 48.5 Å². The van der Waals surface area contributed by atoms with Crippen LogP contribution in [0.3, 0.4) is 0 Å². The lowest BCUT2D eigenvalue weighted by Gasteiger charge is -2.11. The van der Waals surface area contributed by atoms with Gasteiger partial charge in [-0.2, -0.15) is 0 Å². The van der Waals surface area contributed by atoms with Gasteiger partial charge < -0.3 is 24.8 Å². The van der Waals surface area contributed by atoms with Gasteiger partial charge in [-0.3, -0.25) is 0 Å².